The SMILES string of the molecule is CC(C)(C)C(=O)Nc1ccc(C(=O)COc2ccc([N+](=O)[O-])cc2)cc1. The Hall–Kier alpha value is -3.22. The lowest BCUT2D eigenvalue weighted by Gasteiger charge is -2.17. The van der Waals surface area contributed by atoms with Gasteiger partial charge in [-0.25, -0.2) is 0 Å². The smallest absolute Gasteiger partial charge is 0.269 e. The number of amides is 1. The van der Waals surface area contributed by atoms with E-state index in [1.54, 1.807) is 24.3 Å². The second-order valence-electron chi connectivity index (χ2n) is 6.74. The Morgan fingerprint density at radius 2 is 1.62 bits per heavy atom. The molecule has 136 valence electrons. The molecule has 0 saturated carbocycles. The highest BCUT2D eigenvalue weighted by molar-refractivity contribution is 5.98. The van der Waals surface area contributed by atoms with Crippen LogP contribution in [0.1, 0.15) is 31.1 Å². The average molecular weight is 356 g/mol. The van der Waals surface area contributed by atoms with Crippen molar-refractivity contribution in [3.8, 4) is 5.75 Å². The van der Waals surface area contributed by atoms with Gasteiger partial charge in [-0.2, -0.15) is 0 Å². The number of rotatable bonds is 6. The van der Waals surface area contributed by atoms with E-state index in [1.807, 2.05) is 20.8 Å². The summed E-state index contributed by atoms with van der Waals surface area (Å²) in [6, 6.07) is 12.0. The molecule has 7 heteroatoms. The van der Waals surface area contributed by atoms with Crippen molar-refractivity contribution in [3.63, 3.8) is 0 Å². The van der Waals surface area contributed by atoms with E-state index < -0.39 is 10.3 Å². The molecule has 0 fully saturated rings. The minimum Gasteiger partial charge on any atom is -0.485 e. The molecule has 26 heavy (non-hydrogen) atoms. The maximum Gasteiger partial charge on any atom is 0.269 e. The first-order valence-corrected chi connectivity index (χ1v) is 7.99. The molecule has 0 bridgehead atoms. The van der Waals surface area contributed by atoms with E-state index in [0.29, 0.717) is 17.0 Å². The fourth-order valence-corrected chi connectivity index (χ4v) is 1.95. The first kappa shape index (κ1) is 19.1. The van der Waals surface area contributed by atoms with E-state index in [4.69, 9.17) is 4.74 Å². The van der Waals surface area contributed by atoms with Crippen molar-refractivity contribution >= 4 is 23.1 Å². The van der Waals surface area contributed by atoms with Crippen LogP contribution in [0.2, 0.25) is 0 Å². The van der Waals surface area contributed by atoms with Crippen LogP contribution in [-0.4, -0.2) is 23.2 Å². The normalized spacial score (nSPS) is 10.9. The third kappa shape index (κ3) is 5.14. The number of carbonyl (C=O) groups is 2. The van der Waals surface area contributed by atoms with Gasteiger partial charge in [-0.1, -0.05) is 20.8 Å². The topological polar surface area (TPSA) is 98.5 Å². The number of carbonyl (C=O) groups excluding carboxylic acids is 2. The summed E-state index contributed by atoms with van der Waals surface area (Å²) in [4.78, 5) is 34.2. The van der Waals surface area contributed by atoms with Gasteiger partial charge >= 0.3 is 0 Å². The fraction of sp³-hybridized carbons (Fsp3) is 0.263. The van der Waals surface area contributed by atoms with Crippen LogP contribution in [0, 0.1) is 15.5 Å². The minimum atomic E-state index is -0.507. The number of ether oxygens (including phenoxy) is 1. The van der Waals surface area contributed by atoms with Gasteiger partial charge in [-0.15, -0.1) is 0 Å². The molecule has 7 nitrogen and oxygen atoms in total. The summed E-state index contributed by atoms with van der Waals surface area (Å²) in [5.41, 5.74) is 0.502. The lowest BCUT2D eigenvalue weighted by Crippen LogP contribution is -2.27. The van der Waals surface area contributed by atoms with E-state index in [2.05, 4.69) is 5.32 Å². The molecule has 0 heterocycles. The first-order chi connectivity index (χ1) is 12.2. The zero-order valence-electron chi connectivity index (χ0n) is 14.8. The van der Waals surface area contributed by atoms with E-state index in [0.717, 1.165) is 0 Å². The molecule has 1 N–H and O–H groups in total. The third-order valence-electron chi connectivity index (χ3n) is 3.56. The number of benzene rings is 2. The zero-order valence-corrected chi connectivity index (χ0v) is 14.8. The van der Waals surface area contributed by atoms with Gasteiger partial charge in [0.05, 0.1) is 4.92 Å². The Morgan fingerprint density at radius 3 is 2.12 bits per heavy atom. The molecule has 0 aliphatic carbocycles. The standard InChI is InChI=1S/C19H20N2O5/c1-19(2,3)18(23)20-14-6-4-13(5-7-14)17(22)12-26-16-10-8-15(9-11-16)21(24)25/h4-11H,12H2,1-3H3,(H,20,23). The fourth-order valence-electron chi connectivity index (χ4n) is 1.95. The van der Waals surface area contributed by atoms with Crippen LogP contribution < -0.4 is 10.1 Å². The van der Waals surface area contributed by atoms with Crippen LogP contribution in [0.25, 0.3) is 0 Å². The zero-order chi connectivity index (χ0) is 19.3. The number of non-ortho nitro benzene ring substituents is 1. The number of anilines is 1. The number of ketones is 1. The quantitative estimate of drug-likeness (QED) is 0.482. The molecular formula is C19H20N2O5. The molecule has 0 saturated heterocycles. The molecule has 0 spiro atoms. The van der Waals surface area contributed by atoms with Crippen LogP contribution >= 0.6 is 0 Å². The summed E-state index contributed by atoms with van der Waals surface area (Å²) in [5, 5.41) is 13.4. The highest BCUT2D eigenvalue weighted by Gasteiger charge is 2.21. The number of nitro benzene ring substituents is 1. The largest absolute Gasteiger partial charge is 0.485 e. The molecule has 1 amide bonds. The van der Waals surface area contributed by atoms with Gasteiger partial charge in [-0.05, 0) is 36.4 Å². The van der Waals surface area contributed by atoms with E-state index in [-0.39, 0.29) is 24.0 Å². The highest BCUT2D eigenvalue weighted by Crippen LogP contribution is 2.19. The molecule has 0 aromatic heterocycles. The lowest BCUT2D eigenvalue weighted by atomic mass is 9.95. The Labute approximate surface area is 151 Å². The van der Waals surface area contributed by atoms with Crippen molar-refractivity contribution in [3.05, 3.63) is 64.2 Å². The maximum absolute atomic E-state index is 12.2. The third-order valence-corrected chi connectivity index (χ3v) is 3.56. The average Bonchev–Trinajstić information content (AvgIpc) is 2.59. The predicted molar refractivity (Wildman–Crippen MR) is 97.4 cm³/mol. The molecule has 0 radical (unpaired) electrons. The van der Waals surface area contributed by atoms with Gasteiger partial charge in [0.1, 0.15) is 5.75 Å². The van der Waals surface area contributed by atoms with E-state index >= 15 is 0 Å². The number of hydrogen-bond donors (Lipinski definition) is 1. The Morgan fingerprint density at radius 1 is 1.04 bits per heavy atom. The summed E-state index contributed by atoms with van der Waals surface area (Å²) in [7, 11) is 0. The van der Waals surface area contributed by atoms with Gasteiger partial charge in [0.2, 0.25) is 5.91 Å². The van der Waals surface area contributed by atoms with Gasteiger partial charge in [0, 0.05) is 28.8 Å². The molecule has 0 aliphatic rings. The number of hydrogen-bond acceptors (Lipinski definition) is 5. The summed E-state index contributed by atoms with van der Waals surface area (Å²) < 4.78 is 5.35. The van der Waals surface area contributed by atoms with Crippen molar-refractivity contribution in [1.29, 1.82) is 0 Å². The van der Waals surface area contributed by atoms with Crippen molar-refractivity contribution in [2.75, 3.05) is 11.9 Å². The molecule has 0 unspecified atom stereocenters. The van der Waals surface area contributed by atoms with Gasteiger partial charge < -0.3 is 10.1 Å². The number of Topliss-reactive ketones (excluding diaryl/α,β-unsaturated/α-hetero) is 1. The predicted octanol–water partition coefficient (Wildman–Crippen LogP) is 3.84. The van der Waals surface area contributed by atoms with E-state index in [1.165, 1.54) is 24.3 Å². The summed E-state index contributed by atoms with van der Waals surface area (Å²) >= 11 is 0. The van der Waals surface area contributed by atoms with Gasteiger partial charge in [0.15, 0.2) is 12.4 Å². The highest BCUT2D eigenvalue weighted by atomic mass is 16.6. The van der Waals surface area contributed by atoms with Crippen LogP contribution in [0.5, 0.6) is 5.75 Å². The number of nitrogens with zero attached hydrogens (tertiary/aromatic N) is 1. The first-order valence-electron chi connectivity index (χ1n) is 7.99. The second kappa shape index (κ2) is 7.77. The van der Waals surface area contributed by atoms with Gasteiger partial charge in [-0.3, -0.25) is 19.7 Å². The summed E-state index contributed by atoms with van der Waals surface area (Å²) in [6.07, 6.45) is 0. The Kier molecular flexibility index (Phi) is 5.71. The number of nitrogens with one attached hydrogen (secondary N) is 1. The van der Waals surface area contributed by atoms with Crippen LogP contribution in [-0.2, 0) is 4.79 Å². The monoisotopic (exact) mass is 356 g/mol. The van der Waals surface area contributed by atoms with Crippen molar-refractivity contribution in [2.45, 2.75) is 20.8 Å². The lowest BCUT2D eigenvalue weighted by molar-refractivity contribution is -0.384. The van der Waals surface area contributed by atoms with Crippen LogP contribution in [0.4, 0.5) is 11.4 Å². The van der Waals surface area contributed by atoms with Crippen LogP contribution in [0.3, 0.4) is 0 Å². The molecular weight excluding hydrogens is 336 g/mol. The van der Waals surface area contributed by atoms with Crippen molar-refractivity contribution in [2.24, 2.45) is 5.41 Å². The summed E-state index contributed by atoms with van der Waals surface area (Å²) in [6.45, 7) is 5.26. The number of nitro groups is 1. The van der Waals surface area contributed by atoms with E-state index in [9.17, 15) is 19.7 Å². The minimum absolute atomic E-state index is 0.0448. The molecule has 0 aliphatic heterocycles. The van der Waals surface area contributed by atoms with Crippen molar-refractivity contribution in [1.82, 2.24) is 0 Å². The summed E-state index contributed by atoms with van der Waals surface area (Å²) in [5.74, 6) is 0.0214. The second-order valence-corrected chi connectivity index (χ2v) is 6.74. The van der Waals surface area contributed by atoms with Crippen molar-refractivity contribution < 1.29 is 19.2 Å². The maximum atomic E-state index is 12.2. The molecule has 0 atom stereocenters. The Balaban J connectivity index is 1.93. The molecule has 2 aromatic carbocycles. The van der Waals surface area contributed by atoms with Crippen LogP contribution in [0.15, 0.2) is 48.5 Å². The molecule has 2 aromatic rings. The van der Waals surface area contributed by atoms with Gasteiger partial charge in [0.25, 0.3) is 5.69 Å². The molecule has 2 rings (SSSR count). The Bertz CT molecular complexity index is 805.